The Bertz CT molecular complexity index is 1100. The highest BCUT2D eigenvalue weighted by atomic mass is 32.2. The van der Waals surface area contributed by atoms with E-state index < -0.39 is 19.9 Å². The van der Waals surface area contributed by atoms with E-state index in [-0.39, 0.29) is 17.5 Å². The van der Waals surface area contributed by atoms with Crippen molar-refractivity contribution in [3.8, 4) is 0 Å². The molecule has 4 heterocycles. The molecule has 4 rings (SSSR count). The molecule has 2 aliphatic heterocycles. The number of pyridine rings is 2. The van der Waals surface area contributed by atoms with Crippen LogP contribution >= 0.6 is 0 Å². The molecular weight excluding hydrogens is 414 g/mol. The van der Waals surface area contributed by atoms with Crippen LogP contribution in [0, 0.1) is 0 Å². The first-order chi connectivity index (χ1) is 13.7. The van der Waals surface area contributed by atoms with Gasteiger partial charge in [0.25, 0.3) is 0 Å². The number of anilines is 2. The summed E-state index contributed by atoms with van der Waals surface area (Å²) in [5, 5.41) is 5.29. The van der Waals surface area contributed by atoms with E-state index in [0.717, 1.165) is 29.4 Å². The number of sulfonamides is 1. The first-order valence-electron chi connectivity index (χ1n) is 9.63. The van der Waals surface area contributed by atoms with Gasteiger partial charge in [0.2, 0.25) is 10.0 Å². The second kappa shape index (κ2) is 7.69. The summed E-state index contributed by atoms with van der Waals surface area (Å²) in [4.78, 5) is 11.0. The maximum Gasteiger partial charge on any atom is 0.211 e. The lowest BCUT2D eigenvalue weighted by Crippen LogP contribution is -2.42. The normalized spacial score (nSPS) is 21.3. The minimum atomic E-state index is -3.14. The molecule has 158 valence electrons. The van der Waals surface area contributed by atoms with Crippen molar-refractivity contribution in [3.05, 3.63) is 24.5 Å². The van der Waals surface area contributed by atoms with Gasteiger partial charge in [0.1, 0.15) is 11.6 Å². The van der Waals surface area contributed by atoms with Gasteiger partial charge in [-0.1, -0.05) is 0 Å². The molecule has 11 heteroatoms. The molecule has 29 heavy (non-hydrogen) atoms. The van der Waals surface area contributed by atoms with Crippen LogP contribution in [0.25, 0.3) is 10.8 Å². The maximum atomic E-state index is 11.7. The Hall–Kier alpha value is -1.98. The van der Waals surface area contributed by atoms with Crippen molar-refractivity contribution in [2.45, 2.75) is 18.9 Å². The van der Waals surface area contributed by atoms with Crippen LogP contribution in [-0.2, 0) is 19.9 Å². The summed E-state index contributed by atoms with van der Waals surface area (Å²) in [5.41, 5.74) is 0. The Morgan fingerprint density at radius 2 is 1.79 bits per heavy atom. The lowest BCUT2D eigenvalue weighted by Gasteiger charge is -2.31. The van der Waals surface area contributed by atoms with Gasteiger partial charge in [-0.05, 0) is 25.0 Å². The molecule has 0 bridgehead atoms. The van der Waals surface area contributed by atoms with Crippen molar-refractivity contribution in [2.24, 2.45) is 0 Å². The molecule has 2 aliphatic rings. The predicted octanol–water partition coefficient (Wildman–Crippen LogP) is 0.701. The van der Waals surface area contributed by atoms with Crippen LogP contribution in [0.15, 0.2) is 24.5 Å². The number of hydrogen-bond donors (Lipinski definition) is 1. The average molecular weight is 440 g/mol. The van der Waals surface area contributed by atoms with E-state index in [1.54, 1.807) is 12.4 Å². The van der Waals surface area contributed by atoms with Gasteiger partial charge in [-0.15, -0.1) is 0 Å². The Labute approximate surface area is 171 Å². The molecule has 0 radical (unpaired) electrons. The summed E-state index contributed by atoms with van der Waals surface area (Å²) in [6, 6.07) is 3.99. The van der Waals surface area contributed by atoms with Gasteiger partial charge in [0.05, 0.1) is 17.8 Å². The van der Waals surface area contributed by atoms with E-state index in [1.807, 2.05) is 17.0 Å². The summed E-state index contributed by atoms with van der Waals surface area (Å²) in [5.74, 6) is 1.77. The summed E-state index contributed by atoms with van der Waals surface area (Å²) >= 11 is 0. The molecule has 1 N–H and O–H groups in total. The fourth-order valence-corrected chi connectivity index (χ4v) is 5.92. The van der Waals surface area contributed by atoms with Crippen LogP contribution in [-0.4, -0.2) is 81.1 Å². The molecule has 0 amide bonds. The lowest BCUT2D eigenvalue weighted by molar-refractivity contribution is 0.331. The zero-order chi connectivity index (χ0) is 20.6. The quantitative estimate of drug-likeness (QED) is 0.741. The Morgan fingerprint density at radius 1 is 1.10 bits per heavy atom. The van der Waals surface area contributed by atoms with Gasteiger partial charge in [-0.3, -0.25) is 0 Å². The van der Waals surface area contributed by atoms with Crippen LogP contribution in [0.3, 0.4) is 0 Å². The Morgan fingerprint density at radius 3 is 2.45 bits per heavy atom. The number of hydrogen-bond acceptors (Lipinski definition) is 8. The van der Waals surface area contributed by atoms with Crippen LogP contribution in [0.2, 0.25) is 0 Å². The number of rotatable bonds is 4. The molecule has 2 saturated heterocycles. The second-order valence-electron chi connectivity index (χ2n) is 7.64. The predicted molar refractivity (Wildman–Crippen MR) is 113 cm³/mol. The maximum absolute atomic E-state index is 11.7. The fourth-order valence-electron chi connectivity index (χ4n) is 3.85. The molecule has 2 fully saturated rings. The van der Waals surface area contributed by atoms with E-state index in [0.29, 0.717) is 32.0 Å². The van der Waals surface area contributed by atoms with Crippen LogP contribution < -0.4 is 10.2 Å². The first-order valence-corrected chi connectivity index (χ1v) is 13.3. The van der Waals surface area contributed by atoms with Crippen LogP contribution in [0.4, 0.5) is 11.6 Å². The van der Waals surface area contributed by atoms with Gasteiger partial charge in [-0.2, -0.15) is 0 Å². The van der Waals surface area contributed by atoms with Gasteiger partial charge >= 0.3 is 0 Å². The Kier molecular flexibility index (Phi) is 5.38. The molecule has 0 aromatic carbocycles. The third kappa shape index (κ3) is 4.62. The number of nitrogens with zero attached hydrogens (tertiary/aromatic N) is 4. The zero-order valence-electron chi connectivity index (χ0n) is 16.3. The third-order valence-electron chi connectivity index (χ3n) is 5.55. The van der Waals surface area contributed by atoms with E-state index in [9.17, 15) is 16.8 Å². The largest absolute Gasteiger partial charge is 0.367 e. The van der Waals surface area contributed by atoms with E-state index in [1.165, 1.54) is 10.6 Å². The number of aromatic nitrogens is 2. The van der Waals surface area contributed by atoms with E-state index in [4.69, 9.17) is 0 Å². The molecule has 0 aliphatic carbocycles. The number of sulfone groups is 1. The van der Waals surface area contributed by atoms with Crippen LogP contribution in [0.1, 0.15) is 12.8 Å². The monoisotopic (exact) mass is 439 g/mol. The SMILES string of the molecule is CS(=O)(=O)N1CCC(Nc2cc3c(N4CCS(=O)(=O)CC4)nccc3cn2)CC1. The van der Waals surface area contributed by atoms with Gasteiger partial charge in [0, 0.05) is 55.4 Å². The summed E-state index contributed by atoms with van der Waals surface area (Å²) in [7, 11) is -6.10. The molecule has 2 aromatic rings. The summed E-state index contributed by atoms with van der Waals surface area (Å²) in [6.07, 6.45) is 6.19. The van der Waals surface area contributed by atoms with E-state index in [2.05, 4.69) is 15.3 Å². The molecule has 0 spiro atoms. The molecule has 2 aromatic heterocycles. The van der Waals surface area contributed by atoms with Crippen molar-refractivity contribution >= 4 is 42.3 Å². The highest BCUT2D eigenvalue weighted by Crippen LogP contribution is 2.28. The van der Waals surface area contributed by atoms with Gasteiger partial charge in [-0.25, -0.2) is 31.1 Å². The van der Waals surface area contributed by atoms with Crippen molar-refractivity contribution in [1.29, 1.82) is 0 Å². The lowest BCUT2D eigenvalue weighted by atomic mass is 10.1. The van der Waals surface area contributed by atoms with Gasteiger partial charge < -0.3 is 10.2 Å². The smallest absolute Gasteiger partial charge is 0.211 e. The fraction of sp³-hybridized carbons (Fsp3) is 0.556. The van der Waals surface area contributed by atoms with Crippen molar-refractivity contribution in [1.82, 2.24) is 14.3 Å². The average Bonchev–Trinajstić information content (AvgIpc) is 2.67. The molecule has 0 unspecified atom stereocenters. The minimum Gasteiger partial charge on any atom is -0.367 e. The first kappa shape index (κ1) is 20.3. The van der Waals surface area contributed by atoms with Crippen LogP contribution in [0.5, 0.6) is 0 Å². The minimum absolute atomic E-state index is 0.139. The Balaban J connectivity index is 1.52. The molecule has 0 saturated carbocycles. The summed E-state index contributed by atoms with van der Waals surface area (Å²) < 4.78 is 48.3. The topological polar surface area (TPSA) is 113 Å². The van der Waals surface area contributed by atoms with Crippen molar-refractivity contribution in [2.75, 3.05) is 54.2 Å². The molecule has 0 atom stereocenters. The van der Waals surface area contributed by atoms with E-state index >= 15 is 0 Å². The van der Waals surface area contributed by atoms with Crippen molar-refractivity contribution in [3.63, 3.8) is 0 Å². The van der Waals surface area contributed by atoms with Crippen molar-refractivity contribution < 1.29 is 16.8 Å². The highest BCUT2D eigenvalue weighted by molar-refractivity contribution is 7.91. The third-order valence-corrected chi connectivity index (χ3v) is 8.46. The molecule has 9 nitrogen and oxygen atoms in total. The highest BCUT2D eigenvalue weighted by Gasteiger charge is 2.26. The standard InChI is InChI=1S/C18H25N5O4S2/c1-28(24,25)23-6-3-15(4-7-23)21-17-12-16-14(13-20-17)2-5-19-18(16)22-8-10-29(26,27)11-9-22/h2,5,12-13,15H,3-4,6-11H2,1H3,(H,20,21). The summed E-state index contributed by atoms with van der Waals surface area (Å²) in [6.45, 7) is 1.87. The zero-order valence-corrected chi connectivity index (χ0v) is 17.9. The number of nitrogens with one attached hydrogen (secondary N) is 1. The number of fused-ring (bicyclic) bond motifs is 1. The second-order valence-corrected chi connectivity index (χ2v) is 11.9. The number of piperidine rings is 1. The molecular formula is C18H25N5O4S2. The van der Waals surface area contributed by atoms with Gasteiger partial charge in [0.15, 0.2) is 9.84 Å².